The Hall–Kier alpha value is -2.29. The van der Waals surface area contributed by atoms with Crippen molar-refractivity contribution in [1.82, 2.24) is 5.32 Å². The molecule has 0 unspecified atom stereocenters. The predicted molar refractivity (Wildman–Crippen MR) is 98.4 cm³/mol. The molecule has 0 saturated carbocycles. The van der Waals surface area contributed by atoms with E-state index in [1.807, 2.05) is 31.2 Å². The zero-order chi connectivity index (χ0) is 17.7. The summed E-state index contributed by atoms with van der Waals surface area (Å²) in [7, 11) is 0. The molecular formula is C21H27NO2. The lowest BCUT2D eigenvalue weighted by molar-refractivity contribution is -0.127. The van der Waals surface area contributed by atoms with E-state index < -0.39 is 6.10 Å². The van der Waals surface area contributed by atoms with Crippen molar-refractivity contribution < 1.29 is 9.53 Å². The van der Waals surface area contributed by atoms with Gasteiger partial charge >= 0.3 is 0 Å². The fourth-order valence-corrected chi connectivity index (χ4v) is 2.79. The SMILES string of the molecule is CCc1ccccc1O[C@H](C)C(=O)N[C@H](C)c1cc(C)ccc1C. The molecule has 128 valence electrons. The monoisotopic (exact) mass is 325 g/mol. The first-order valence-corrected chi connectivity index (χ1v) is 8.54. The maximum Gasteiger partial charge on any atom is 0.261 e. The van der Waals surface area contributed by atoms with E-state index >= 15 is 0 Å². The van der Waals surface area contributed by atoms with Crippen molar-refractivity contribution in [2.24, 2.45) is 0 Å². The van der Waals surface area contributed by atoms with E-state index in [4.69, 9.17) is 4.74 Å². The fourth-order valence-electron chi connectivity index (χ4n) is 2.79. The maximum absolute atomic E-state index is 12.5. The van der Waals surface area contributed by atoms with Gasteiger partial charge in [0, 0.05) is 0 Å². The number of carbonyl (C=O) groups excluding carboxylic acids is 1. The molecule has 0 aliphatic carbocycles. The summed E-state index contributed by atoms with van der Waals surface area (Å²) in [6.45, 7) is 10.00. The standard InChI is InChI=1S/C21H27NO2/c1-6-18-9-7-8-10-20(18)24-17(5)21(23)22-16(4)19-13-14(2)11-12-15(19)3/h7-13,16-17H,6H2,1-5H3,(H,22,23)/t16-,17-/m1/s1. The molecule has 0 aromatic heterocycles. The average Bonchev–Trinajstić information content (AvgIpc) is 2.57. The number of aryl methyl sites for hydroxylation is 3. The number of carbonyl (C=O) groups is 1. The summed E-state index contributed by atoms with van der Waals surface area (Å²) in [6.07, 6.45) is 0.342. The molecule has 2 atom stereocenters. The Morgan fingerprint density at radius 1 is 1.12 bits per heavy atom. The van der Waals surface area contributed by atoms with Gasteiger partial charge in [-0.1, -0.05) is 48.9 Å². The van der Waals surface area contributed by atoms with Crippen LogP contribution in [0.4, 0.5) is 0 Å². The van der Waals surface area contributed by atoms with Crippen LogP contribution in [0.15, 0.2) is 42.5 Å². The van der Waals surface area contributed by atoms with E-state index in [0.29, 0.717) is 0 Å². The first-order chi connectivity index (χ1) is 11.4. The Morgan fingerprint density at radius 2 is 1.83 bits per heavy atom. The van der Waals surface area contributed by atoms with Crippen LogP contribution in [0.1, 0.15) is 49.1 Å². The molecule has 0 aliphatic rings. The molecule has 2 aromatic rings. The van der Waals surface area contributed by atoms with Gasteiger partial charge in [0.2, 0.25) is 0 Å². The highest BCUT2D eigenvalue weighted by Crippen LogP contribution is 2.21. The molecule has 1 N–H and O–H groups in total. The molecule has 1 amide bonds. The summed E-state index contributed by atoms with van der Waals surface area (Å²) in [6, 6.07) is 14.1. The summed E-state index contributed by atoms with van der Waals surface area (Å²) < 4.78 is 5.88. The zero-order valence-corrected chi connectivity index (χ0v) is 15.2. The van der Waals surface area contributed by atoms with Gasteiger partial charge in [-0.25, -0.2) is 0 Å². The molecule has 0 spiro atoms. The summed E-state index contributed by atoms with van der Waals surface area (Å²) >= 11 is 0. The van der Waals surface area contributed by atoms with Crippen LogP contribution in [0.3, 0.4) is 0 Å². The molecule has 0 bridgehead atoms. The van der Waals surface area contributed by atoms with Crippen LogP contribution in [0, 0.1) is 13.8 Å². The number of rotatable bonds is 6. The second-order valence-electron chi connectivity index (χ2n) is 6.31. The molecule has 3 nitrogen and oxygen atoms in total. The summed E-state index contributed by atoms with van der Waals surface area (Å²) in [5.41, 5.74) is 4.63. The molecule has 0 heterocycles. The fraction of sp³-hybridized carbons (Fsp3) is 0.381. The minimum atomic E-state index is -0.537. The second-order valence-corrected chi connectivity index (χ2v) is 6.31. The second kappa shape index (κ2) is 8.00. The van der Waals surface area contributed by atoms with Crippen molar-refractivity contribution in [3.8, 4) is 5.75 Å². The Bertz CT molecular complexity index is 709. The van der Waals surface area contributed by atoms with Crippen molar-refractivity contribution in [3.05, 3.63) is 64.7 Å². The lowest BCUT2D eigenvalue weighted by Crippen LogP contribution is -2.38. The average molecular weight is 325 g/mol. The summed E-state index contributed by atoms with van der Waals surface area (Å²) in [5, 5.41) is 3.06. The van der Waals surface area contributed by atoms with Gasteiger partial charge in [-0.15, -0.1) is 0 Å². The van der Waals surface area contributed by atoms with Crippen molar-refractivity contribution in [2.75, 3.05) is 0 Å². The topological polar surface area (TPSA) is 38.3 Å². The highest BCUT2D eigenvalue weighted by molar-refractivity contribution is 5.81. The largest absolute Gasteiger partial charge is 0.481 e. The molecule has 0 saturated heterocycles. The number of para-hydroxylation sites is 1. The van der Waals surface area contributed by atoms with Crippen LogP contribution >= 0.6 is 0 Å². The minimum Gasteiger partial charge on any atom is -0.481 e. The van der Waals surface area contributed by atoms with Crippen molar-refractivity contribution >= 4 is 5.91 Å². The molecule has 0 aliphatic heterocycles. The van der Waals surface area contributed by atoms with Gasteiger partial charge in [-0.3, -0.25) is 4.79 Å². The van der Waals surface area contributed by atoms with E-state index in [0.717, 1.165) is 23.3 Å². The third-order valence-electron chi connectivity index (χ3n) is 4.29. The molecule has 2 aromatic carbocycles. The summed E-state index contributed by atoms with van der Waals surface area (Å²) in [5.74, 6) is 0.677. The van der Waals surface area contributed by atoms with E-state index in [2.05, 4.69) is 44.3 Å². The van der Waals surface area contributed by atoms with Gasteiger partial charge in [0.15, 0.2) is 6.10 Å². The lowest BCUT2D eigenvalue weighted by Gasteiger charge is -2.21. The Kier molecular flexibility index (Phi) is 6.02. The normalized spacial score (nSPS) is 13.2. The third-order valence-corrected chi connectivity index (χ3v) is 4.29. The Balaban J connectivity index is 2.04. The number of ether oxygens (including phenoxy) is 1. The Labute approximate surface area is 145 Å². The first-order valence-electron chi connectivity index (χ1n) is 8.54. The van der Waals surface area contributed by atoms with Gasteiger partial charge in [0.05, 0.1) is 6.04 Å². The van der Waals surface area contributed by atoms with Crippen LogP contribution < -0.4 is 10.1 Å². The molecule has 2 rings (SSSR count). The van der Waals surface area contributed by atoms with Crippen molar-refractivity contribution in [1.29, 1.82) is 0 Å². The number of benzene rings is 2. The van der Waals surface area contributed by atoms with Crippen LogP contribution in [0.5, 0.6) is 5.75 Å². The minimum absolute atomic E-state index is 0.0510. The van der Waals surface area contributed by atoms with E-state index in [1.54, 1.807) is 6.92 Å². The Morgan fingerprint density at radius 3 is 2.54 bits per heavy atom. The molecule has 0 fully saturated rings. The van der Waals surface area contributed by atoms with E-state index in [-0.39, 0.29) is 11.9 Å². The van der Waals surface area contributed by atoms with Crippen LogP contribution in [0.2, 0.25) is 0 Å². The van der Waals surface area contributed by atoms with Gasteiger partial charge < -0.3 is 10.1 Å². The zero-order valence-electron chi connectivity index (χ0n) is 15.2. The number of amides is 1. The first kappa shape index (κ1) is 18.1. The van der Waals surface area contributed by atoms with Crippen LogP contribution in [-0.4, -0.2) is 12.0 Å². The van der Waals surface area contributed by atoms with Crippen molar-refractivity contribution in [3.63, 3.8) is 0 Å². The molecular weight excluding hydrogens is 298 g/mol. The molecule has 3 heteroatoms. The molecule has 24 heavy (non-hydrogen) atoms. The molecule has 0 radical (unpaired) electrons. The van der Waals surface area contributed by atoms with Crippen molar-refractivity contribution in [2.45, 2.75) is 53.2 Å². The van der Waals surface area contributed by atoms with Gasteiger partial charge in [0.25, 0.3) is 5.91 Å². The lowest BCUT2D eigenvalue weighted by atomic mass is 10.00. The van der Waals surface area contributed by atoms with Crippen LogP contribution in [-0.2, 0) is 11.2 Å². The summed E-state index contributed by atoms with van der Waals surface area (Å²) in [4.78, 5) is 12.5. The van der Waals surface area contributed by atoms with Crippen LogP contribution in [0.25, 0.3) is 0 Å². The highest BCUT2D eigenvalue weighted by atomic mass is 16.5. The quantitative estimate of drug-likeness (QED) is 0.848. The van der Waals surface area contributed by atoms with Gasteiger partial charge in [-0.05, 0) is 56.9 Å². The third kappa shape index (κ3) is 4.38. The van der Waals surface area contributed by atoms with E-state index in [9.17, 15) is 4.79 Å². The number of nitrogens with one attached hydrogen (secondary N) is 1. The maximum atomic E-state index is 12.5. The number of hydrogen-bond donors (Lipinski definition) is 1. The smallest absolute Gasteiger partial charge is 0.261 e. The highest BCUT2D eigenvalue weighted by Gasteiger charge is 2.19. The van der Waals surface area contributed by atoms with E-state index in [1.165, 1.54) is 11.1 Å². The number of hydrogen-bond acceptors (Lipinski definition) is 2. The van der Waals surface area contributed by atoms with Gasteiger partial charge in [-0.2, -0.15) is 0 Å². The predicted octanol–water partition coefficient (Wildman–Crippen LogP) is 4.51. The van der Waals surface area contributed by atoms with Gasteiger partial charge in [0.1, 0.15) is 5.75 Å².